The van der Waals surface area contributed by atoms with Gasteiger partial charge in [0.2, 0.25) is 0 Å². The standard InChI is InChI=1S/C55H35N/c1-2-15-40-34-43(31-26-36(40)12-1)56(53-23-11-16-38-13-3-5-17-44(38)53)42-29-24-37(25-30-42)41-27-32-47-46-19-7-9-21-49(46)55(52(47)35-41)50-22-10-8-20-48(50)54-45-18-6-4-14-39(45)28-33-51(54)55/h1-35H. The van der Waals surface area contributed by atoms with Gasteiger partial charge in [-0.25, -0.2) is 0 Å². The van der Waals surface area contributed by atoms with E-state index in [0.29, 0.717) is 0 Å². The van der Waals surface area contributed by atoms with Crippen molar-refractivity contribution in [1.29, 1.82) is 0 Å². The van der Waals surface area contributed by atoms with Crippen molar-refractivity contribution >= 4 is 49.4 Å². The predicted molar refractivity (Wildman–Crippen MR) is 235 cm³/mol. The second-order valence-electron chi connectivity index (χ2n) is 15.2. The summed E-state index contributed by atoms with van der Waals surface area (Å²) in [6.07, 6.45) is 0. The molecule has 1 atom stereocenters. The van der Waals surface area contributed by atoms with Crippen LogP contribution in [0.1, 0.15) is 22.3 Å². The first-order valence-corrected chi connectivity index (χ1v) is 19.5. The second kappa shape index (κ2) is 11.9. The molecule has 0 amide bonds. The molecular formula is C55H35N. The highest BCUT2D eigenvalue weighted by Crippen LogP contribution is 2.64. The van der Waals surface area contributed by atoms with E-state index >= 15 is 0 Å². The number of benzene rings is 10. The maximum atomic E-state index is 2.48. The zero-order chi connectivity index (χ0) is 36.8. The minimum atomic E-state index is -0.404. The summed E-state index contributed by atoms with van der Waals surface area (Å²) in [4.78, 5) is 2.41. The van der Waals surface area contributed by atoms with Crippen LogP contribution in [0.4, 0.5) is 17.1 Å². The highest BCUT2D eigenvalue weighted by atomic mass is 15.1. The minimum Gasteiger partial charge on any atom is -0.310 e. The molecule has 0 bridgehead atoms. The van der Waals surface area contributed by atoms with Crippen LogP contribution >= 0.6 is 0 Å². The summed E-state index contributed by atoms with van der Waals surface area (Å²) in [7, 11) is 0. The van der Waals surface area contributed by atoms with Gasteiger partial charge in [-0.15, -0.1) is 0 Å². The van der Waals surface area contributed by atoms with Gasteiger partial charge in [-0.1, -0.05) is 176 Å². The molecular weight excluding hydrogens is 675 g/mol. The summed E-state index contributed by atoms with van der Waals surface area (Å²) >= 11 is 0. The molecule has 260 valence electrons. The van der Waals surface area contributed by atoms with E-state index in [9.17, 15) is 0 Å². The van der Waals surface area contributed by atoms with Crippen LogP contribution in [0, 0.1) is 0 Å². The molecule has 0 saturated carbocycles. The average molecular weight is 710 g/mol. The molecule has 0 N–H and O–H groups in total. The quantitative estimate of drug-likeness (QED) is 0.176. The maximum Gasteiger partial charge on any atom is 0.0725 e. The Morgan fingerprint density at radius 1 is 0.304 bits per heavy atom. The van der Waals surface area contributed by atoms with Gasteiger partial charge in [-0.05, 0) is 119 Å². The lowest BCUT2D eigenvalue weighted by molar-refractivity contribution is 0.795. The average Bonchev–Trinajstić information content (AvgIpc) is 3.74. The largest absolute Gasteiger partial charge is 0.310 e. The van der Waals surface area contributed by atoms with Crippen molar-refractivity contribution in [2.75, 3.05) is 4.90 Å². The zero-order valence-corrected chi connectivity index (χ0v) is 30.7. The van der Waals surface area contributed by atoms with E-state index in [4.69, 9.17) is 0 Å². The second-order valence-corrected chi connectivity index (χ2v) is 15.2. The van der Waals surface area contributed by atoms with Crippen LogP contribution in [0.15, 0.2) is 212 Å². The molecule has 12 rings (SSSR count). The van der Waals surface area contributed by atoms with E-state index in [2.05, 4.69) is 217 Å². The van der Waals surface area contributed by atoms with Crippen LogP contribution in [-0.4, -0.2) is 0 Å². The molecule has 1 nitrogen and oxygen atoms in total. The Morgan fingerprint density at radius 2 is 0.875 bits per heavy atom. The number of anilines is 3. The van der Waals surface area contributed by atoms with Gasteiger partial charge in [-0.3, -0.25) is 0 Å². The smallest absolute Gasteiger partial charge is 0.0725 e. The Hall–Kier alpha value is -7.22. The maximum absolute atomic E-state index is 2.48. The topological polar surface area (TPSA) is 3.24 Å². The van der Waals surface area contributed by atoms with Gasteiger partial charge in [-0.2, -0.15) is 0 Å². The lowest BCUT2D eigenvalue weighted by Crippen LogP contribution is -2.25. The van der Waals surface area contributed by atoms with Gasteiger partial charge in [0.25, 0.3) is 0 Å². The SMILES string of the molecule is c1ccc2c(c1)-c1ccc(-c3ccc(N(c4ccc5ccccc5c4)c4cccc5ccccc45)cc3)cc1C21c2ccccc2-c2c1ccc1ccccc21. The van der Waals surface area contributed by atoms with E-state index in [0.717, 1.165) is 17.1 Å². The van der Waals surface area contributed by atoms with E-state index in [1.54, 1.807) is 0 Å². The summed E-state index contributed by atoms with van der Waals surface area (Å²) in [5.74, 6) is 0. The van der Waals surface area contributed by atoms with Crippen molar-refractivity contribution in [2.24, 2.45) is 0 Å². The number of hydrogen-bond acceptors (Lipinski definition) is 1. The highest BCUT2D eigenvalue weighted by molar-refractivity contribution is 6.06. The van der Waals surface area contributed by atoms with Gasteiger partial charge < -0.3 is 4.90 Å². The number of fused-ring (bicyclic) bond motifs is 14. The molecule has 1 spiro atoms. The van der Waals surface area contributed by atoms with Crippen molar-refractivity contribution in [1.82, 2.24) is 0 Å². The minimum absolute atomic E-state index is 0.404. The Labute approximate surface area is 326 Å². The van der Waals surface area contributed by atoms with E-state index in [1.165, 1.54) is 88.0 Å². The zero-order valence-electron chi connectivity index (χ0n) is 30.7. The fourth-order valence-electron chi connectivity index (χ4n) is 10.0. The van der Waals surface area contributed by atoms with Gasteiger partial charge >= 0.3 is 0 Å². The summed E-state index contributed by atoms with van der Waals surface area (Å²) < 4.78 is 0. The molecule has 0 radical (unpaired) electrons. The van der Waals surface area contributed by atoms with Crippen molar-refractivity contribution in [2.45, 2.75) is 5.41 Å². The molecule has 0 aliphatic heterocycles. The fraction of sp³-hybridized carbons (Fsp3) is 0.0182. The Balaban J connectivity index is 1.03. The van der Waals surface area contributed by atoms with Gasteiger partial charge in [0.05, 0.1) is 11.1 Å². The molecule has 0 fully saturated rings. The first-order valence-electron chi connectivity index (χ1n) is 19.5. The molecule has 0 saturated heterocycles. The van der Waals surface area contributed by atoms with Crippen molar-refractivity contribution < 1.29 is 0 Å². The summed E-state index contributed by atoms with van der Waals surface area (Å²) in [6, 6.07) is 78.8. The van der Waals surface area contributed by atoms with Crippen molar-refractivity contribution in [3.05, 3.63) is 235 Å². The molecule has 0 aromatic heterocycles. The Morgan fingerprint density at radius 3 is 1.70 bits per heavy atom. The van der Waals surface area contributed by atoms with Crippen LogP contribution in [0.2, 0.25) is 0 Å². The molecule has 2 aliphatic rings. The fourth-order valence-corrected chi connectivity index (χ4v) is 10.0. The Kier molecular flexibility index (Phi) is 6.62. The summed E-state index contributed by atoms with van der Waals surface area (Å²) in [5.41, 5.74) is 16.2. The third kappa shape index (κ3) is 4.31. The van der Waals surface area contributed by atoms with Crippen LogP contribution < -0.4 is 4.90 Å². The van der Waals surface area contributed by atoms with Crippen LogP contribution in [-0.2, 0) is 5.41 Å². The van der Waals surface area contributed by atoms with Crippen LogP contribution in [0.3, 0.4) is 0 Å². The molecule has 1 heteroatoms. The number of nitrogens with zero attached hydrogens (tertiary/aromatic N) is 1. The van der Waals surface area contributed by atoms with Gasteiger partial charge in [0.1, 0.15) is 0 Å². The molecule has 10 aromatic carbocycles. The predicted octanol–water partition coefficient (Wildman–Crippen LogP) is 14.6. The normalized spacial score (nSPS) is 14.9. The third-order valence-electron chi connectivity index (χ3n) is 12.4. The van der Waals surface area contributed by atoms with Gasteiger partial charge in [0.15, 0.2) is 0 Å². The third-order valence-corrected chi connectivity index (χ3v) is 12.4. The summed E-state index contributed by atoms with van der Waals surface area (Å²) in [6.45, 7) is 0. The first-order chi connectivity index (χ1) is 27.8. The van der Waals surface area contributed by atoms with Crippen molar-refractivity contribution in [3.63, 3.8) is 0 Å². The number of rotatable bonds is 4. The molecule has 2 aliphatic carbocycles. The molecule has 10 aromatic rings. The summed E-state index contributed by atoms with van der Waals surface area (Å²) in [5, 5.41) is 7.50. The number of hydrogen-bond donors (Lipinski definition) is 0. The lowest BCUT2D eigenvalue weighted by Gasteiger charge is -2.31. The van der Waals surface area contributed by atoms with Crippen molar-refractivity contribution in [3.8, 4) is 33.4 Å². The van der Waals surface area contributed by atoms with E-state index < -0.39 is 5.41 Å². The van der Waals surface area contributed by atoms with E-state index in [1.807, 2.05) is 0 Å². The molecule has 1 unspecified atom stereocenters. The van der Waals surface area contributed by atoms with E-state index in [-0.39, 0.29) is 0 Å². The van der Waals surface area contributed by atoms with Crippen LogP contribution in [0.5, 0.6) is 0 Å². The van der Waals surface area contributed by atoms with Gasteiger partial charge in [0, 0.05) is 16.8 Å². The highest BCUT2D eigenvalue weighted by Gasteiger charge is 2.52. The lowest BCUT2D eigenvalue weighted by atomic mass is 9.70. The molecule has 0 heterocycles. The monoisotopic (exact) mass is 709 g/mol. The molecule has 56 heavy (non-hydrogen) atoms. The first kappa shape index (κ1) is 31.2. The van der Waals surface area contributed by atoms with Crippen LogP contribution in [0.25, 0.3) is 65.7 Å². The Bertz CT molecular complexity index is 3200.